The second kappa shape index (κ2) is 23.5. The molecule has 2 bridgehead atoms. The number of primary amides is 1. The van der Waals surface area contributed by atoms with E-state index in [1.165, 1.54) is 20.3 Å². The van der Waals surface area contributed by atoms with Crippen LogP contribution in [0.15, 0.2) is 58.5 Å². The summed E-state index contributed by atoms with van der Waals surface area (Å²) in [7, 11) is 2.92. The highest BCUT2D eigenvalue weighted by Crippen LogP contribution is 2.33. The molecule has 332 valence electrons. The van der Waals surface area contributed by atoms with Crippen LogP contribution in [0.5, 0.6) is 0 Å². The molecule has 0 aromatic heterocycles. The van der Waals surface area contributed by atoms with E-state index in [2.05, 4.69) is 26.6 Å². The number of methoxy groups -OCH3 is 2. The Labute approximate surface area is 357 Å². The van der Waals surface area contributed by atoms with Crippen molar-refractivity contribution in [2.45, 2.75) is 127 Å². The number of ketones is 2. The van der Waals surface area contributed by atoms with E-state index in [9.17, 15) is 33.9 Å². The van der Waals surface area contributed by atoms with Gasteiger partial charge in [0.15, 0.2) is 6.10 Å². The molecule has 2 saturated heterocycles. The predicted octanol–water partition coefficient (Wildman–Crippen LogP) is 3.36. The third-order valence-electron chi connectivity index (χ3n) is 11.4. The van der Waals surface area contributed by atoms with E-state index in [1.54, 1.807) is 39.0 Å². The number of rotatable bonds is 15. The van der Waals surface area contributed by atoms with Crippen LogP contribution in [0.4, 0.5) is 9.59 Å². The van der Waals surface area contributed by atoms with Gasteiger partial charge >= 0.3 is 12.1 Å². The largest absolute Gasteiger partial charge is 0.439 e. The number of aliphatic hydroxyl groups excluding tert-OH is 1. The van der Waals surface area contributed by atoms with Gasteiger partial charge in [-0.25, -0.2) is 9.59 Å². The number of carbonyl (C=O) groups excluding carboxylic acids is 6. The summed E-state index contributed by atoms with van der Waals surface area (Å²) in [6.07, 6.45) is 8.94. The lowest BCUT2D eigenvalue weighted by Gasteiger charge is -2.30. The molecule has 0 aromatic rings. The lowest BCUT2D eigenvalue weighted by molar-refractivity contribution is -0.121. The molecular formula is C43H64N6O10S. The maximum Gasteiger partial charge on any atom is 0.405 e. The van der Waals surface area contributed by atoms with Gasteiger partial charge in [-0.3, -0.25) is 19.2 Å². The molecule has 3 heterocycles. The van der Waals surface area contributed by atoms with E-state index in [1.807, 2.05) is 18.7 Å². The summed E-state index contributed by atoms with van der Waals surface area (Å²) < 4.78 is 16.8. The number of amides is 5. The Hall–Kier alpha value is -4.45. The number of Topliss-reactive ketones (excluding diaryl/α,β-unsaturated/α-hetero) is 1. The fourth-order valence-corrected chi connectivity index (χ4v) is 9.55. The van der Waals surface area contributed by atoms with Gasteiger partial charge in [-0.05, 0) is 70.3 Å². The number of hydrogen-bond donors (Lipinski definition) is 7. The Morgan fingerprint density at radius 3 is 2.47 bits per heavy atom. The van der Waals surface area contributed by atoms with Crippen molar-refractivity contribution >= 4 is 47.3 Å². The number of urea groups is 1. The quantitative estimate of drug-likeness (QED) is 0.0544. The van der Waals surface area contributed by atoms with Gasteiger partial charge < -0.3 is 51.6 Å². The highest BCUT2D eigenvalue weighted by atomic mass is 32.2. The first-order valence-corrected chi connectivity index (χ1v) is 22.0. The molecular weight excluding hydrogens is 793 g/mol. The van der Waals surface area contributed by atoms with Gasteiger partial charge in [-0.15, -0.1) is 0 Å². The average Bonchev–Trinajstić information content (AvgIpc) is 3.76. The molecule has 0 saturated carbocycles. The Bertz CT molecular complexity index is 1740. The molecule has 9 atom stereocenters. The molecule has 0 radical (unpaired) electrons. The molecule has 0 aromatic carbocycles. The molecule has 0 spiro atoms. The van der Waals surface area contributed by atoms with Crippen LogP contribution >= 0.6 is 11.8 Å². The SMILES string of the molecule is CO[C@H]1C[C@H](C)CC2=C(NCCCCCNC(=O)CCCC[C@@H]3SC[C@@H]4NC(=O)N[C@@H]43)C(=O)C=C(NC(=O)/C(C)=C/C=C\[C@@H](OC)[C@@H](OC(N)=O)/C(C)=C/[C@H](C)[C@H]1O)C2=O. The third kappa shape index (κ3) is 13.8. The lowest BCUT2D eigenvalue weighted by atomic mass is 9.85. The van der Waals surface area contributed by atoms with Crippen molar-refractivity contribution in [1.82, 2.24) is 26.6 Å². The van der Waals surface area contributed by atoms with Crippen molar-refractivity contribution < 1.29 is 48.1 Å². The molecule has 17 heteroatoms. The van der Waals surface area contributed by atoms with Crippen molar-refractivity contribution in [1.29, 1.82) is 0 Å². The number of carbonyl (C=O) groups is 6. The van der Waals surface area contributed by atoms with Crippen LogP contribution in [0.1, 0.15) is 85.5 Å². The molecule has 8 N–H and O–H groups in total. The lowest BCUT2D eigenvalue weighted by Crippen LogP contribution is -2.38. The van der Waals surface area contributed by atoms with Crippen molar-refractivity contribution in [3.8, 4) is 0 Å². The normalized spacial score (nSPS) is 31.4. The van der Waals surface area contributed by atoms with Crippen molar-refractivity contribution in [3.05, 3.63) is 58.5 Å². The van der Waals surface area contributed by atoms with E-state index in [0.29, 0.717) is 43.2 Å². The second-order valence-corrected chi connectivity index (χ2v) is 17.4. The maximum atomic E-state index is 14.0. The monoisotopic (exact) mass is 856 g/mol. The Morgan fingerprint density at radius 1 is 1.00 bits per heavy atom. The zero-order valence-electron chi connectivity index (χ0n) is 35.7. The van der Waals surface area contributed by atoms with Crippen molar-refractivity contribution in [3.63, 3.8) is 0 Å². The topological polar surface area (TPSA) is 237 Å². The number of nitrogens with one attached hydrogen (secondary N) is 5. The van der Waals surface area contributed by atoms with Gasteiger partial charge in [0.2, 0.25) is 17.5 Å². The van der Waals surface area contributed by atoms with E-state index < -0.39 is 53.9 Å². The average molecular weight is 857 g/mol. The van der Waals surface area contributed by atoms with E-state index >= 15 is 0 Å². The summed E-state index contributed by atoms with van der Waals surface area (Å²) in [6.45, 7) is 7.93. The fraction of sp³-hybridized carbons (Fsp3) is 0.628. The molecule has 3 aliphatic heterocycles. The van der Waals surface area contributed by atoms with Crippen molar-refractivity contribution in [2.75, 3.05) is 33.1 Å². The molecule has 0 unspecified atom stereocenters. The minimum Gasteiger partial charge on any atom is -0.439 e. The van der Waals surface area contributed by atoms with E-state index in [-0.39, 0.29) is 58.9 Å². The number of ether oxygens (including phenoxy) is 3. The first-order chi connectivity index (χ1) is 28.6. The number of nitrogens with two attached hydrogens (primary N) is 1. The van der Waals surface area contributed by atoms with Gasteiger partial charge in [0, 0.05) is 67.9 Å². The molecule has 60 heavy (non-hydrogen) atoms. The first-order valence-electron chi connectivity index (χ1n) is 20.9. The number of unbranched alkanes of at least 4 members (excludes halogenated alkanes) is 3. The smallest absolute Gasteiger partial charge is 0.405 e. The molecule has 1 aliphatic carbocycles. The van der Waals surface area contributed by atoms with Gasteiger partial charge in [-0.1, -0.05) is 44.6 Å². The third-order valence-corrected chi connectivity index (χ3v) is 12.9. The molecule has 4 aliphatic rings. The van der Waals surface area contributed by atoms with Crippen LogP contribution in [-0.2, 0) is 33.4 Å². The van der Waals surface area contributed by atoms with Gasteiger partial charge in [0.05, 0.1) is 35.7 Å². The molecule has 5 amide bonds. The second-order valence-electron chi connectivity index (χ2n) is 16.1. The number of thioether (sulfide) groups is 1. The number of fused-ring (bicyclic) bond motifs is 3. The minimum absolute atomic E-state index is 0.0131. The number of allylic oxidation sites excluding steroid dienone is 4. The summed E-state index contributed by atoms with van der Waals surface area (Å²) in [4.78, 5) is 76.8. The van der Waals surface area contributed by atoms with E-state index in [0.717, 1.165) is 43.9 Å². The summed E-state index contributed by atoms with van der Waals surface area (Å²) in [5.41, 5.74) is 6.46. The molecule has 4 rings (SSSR count). The van der Waals surface area contributed by atoms with Crippen LogP contribution in [0, 0.1) is 11.8 Å². The molecule has 16 nitrogen and oxygen atoms in total. The Kier molecular flexibility index (Phi) is 18.9. The Balaban J connectivity index is 1.37. The van der Waals surface area contributed by atoms with Crippen LogP contribution in [-0.4, -0.2) is 115 Å². The minimum atomic E-state index is -1.01. The van der Waals surface area contributed by atoms with Gasteiger partial charge in [-0.2, -0.15) is 11.8 Å². The van der Waals surface area contributed by atoms with Crippen LogP contribution in [0.2, 0.25) is 0 Å². The van der Waals surface area contributed by atoms with Crippen molar-refractivity contribution in [2.24, 2.45) is 17.6 Å². The highest BCUT2D eigenvalue weighted by molar-refractivity contribution is 8.00. The summed E-state index contributed by atoms with van der Waals surface area (Å²) in [6, 6.07) is 0.274. The van der Waals surface area contributed by atoms with Gasteiger partial charge in [0.25, 0.3) is 5.91 Å². The first kappa shape index (κ1) is 48.2. The number of aliphatic hydroxyl groups is 1. The summed E-state index contributed by atoms with van der Waals surface area (Å²) in [5, 5.41) is 26.6. The highest BCUT2D eigenvalue weighted by Gasteiger charge is 2.42. The van der Waals surface area contributed by atoms with Gasteiger partial charge in [0.1, 0.15) is 6.10 Å². The number of hydrogen-bond acceptors (Lipinski definition) is 12. The summed E-state index contributed by atoms with van der Waals surface area (Å²) >= 11 is 1.87. The predicted molar refractivity (Wildman–Crippen MR) is 228 cm³/mol. The zero-order chi connectivity index (χ0) is 43.9. The Morgan fingerprint density at radius 2 is 1.75 bits per heavy atom. The molecule has 2 fully saturated rings. The standard InChI is InChI=1S/C43H64N6O10S/c1-24-19-28-36(46-18-11-7-10-17-45-35(51)16-9-8-15-34-37-30(23-60-34)48-43(56)49-37)31(50)22-29(39(28)53)47-41(54)25(2)13-12-14-32(57-5)40(59-42(44)55)27(4)21-26(3)38(52)33(20-24)58-6/h12-14,21-22,24,26,30,32-34,37-38,40,46,52H,7-11,15-20,23H2,1-6H3,(H2,44,55)(H,45,51)(H,47,54)(H2,48,49,56)/b14-12-,25-13+,27-21+/t24-,26+,30+,32-,33+,34+,37+,38-,40+/m1/s1. The maximum absolute atomic E-state index is 14.0. The van der Waals surface area contributed by atoms with Crippen LogP contribution in [0.25, 0.3) is 0 Å². The fourth-order valence-electron chi connectivity index (χ4n) is 8.01. The van der Waals surface area contributed by atoms with Crippen LogP contribution in [0.3, 0.4) is 0 Å². The van der Waals surface area contributed by atoms with E-state index in [4.69, 9.17) is 19.9 Å². The summed E-state index contributed by atoms with van der Waals surface area (Å²) in [5.74, 6) is -1.30. The van der Waals surface area contributed by atoms with Crippen LogP contribution < -0.4 is 32.3 Å². The zero-order valence-corrected chi connectivity index (χ0v) is 36.5.